The smallest absolute Gasteiger partial charge is 0.121 e. The van der Waals surface area contributed by atoms with Gasteiger partial charge in [-0.05, 0) is 186 Å². The van der Waals surface area contributed by atoms with Gasteiger partial charge in [-0.15, -0.1) is 0 Å². The highest BCUT2D eigenvalue weighted by Crippen LogP contribution is 2.41. The summed E-state index contributed by atoms with van der Waals surface area (Å²) >= 11 is 0. The maximum atomic E-state index is 9.80. The minimum atomic E-state index is 0. The number of hydrogen-bond acceptors (Lipinski definition) is 5. The normalized spacial score (nSPS) is 10.6. The SMILES string of the molecule is C.Cc1cc(SSc2cc(C)c(C)c(C)c2)cc(C)c1C.Cc1cc(SSc2cc(C)c(O)c(C)c2)cc(C)c1C. The lowest BCUT2D eigenvalue weighted by atomic mass is 10.1. The summed E-state index contributed by atoms with van der Waals surface area (Å²) in [6.45, 7) is 23.5. The lowest BCUT2D eigenvalue weighted by Crippen LogP contribution is -1.87. The molecule has 4 aromatic rings. The highest BCUT2D eigenvalue weighted by Gasteiger charge is 2.08. The Bertz CT molecular complexity index is 1200. The average Bonchev–Trinajstić information content (AvgIpc) is 2.89. The summed E-state index contributed by atoms with van der Waals surface area (Å²) < 4.78 is 0. The second kappa shape index (κ2) is 15.5. The summed E-state index contributed by atoms with van der Waals surface area (Å²) in [4.78, 5) is 5.13. The van der Waals surface area contributed by atoms with Crippen molar-refractivity contribution in [2.45, 2.75) is 103 Å². The quantitative estimate of drug-likeness (QED) is 0.215. The van der Waals surface area contributed by atoms with Crippen LogP contribution in [0.25, 0.3) is 0 Å². The second-order valence-electron chi connectivity index (χ2n) is 10.8. The molecule has 0 aliphatic carbocycles. The second-order valence-corrected chi connectivity index (χ2v) is 15.3. The monoisotopic (exact) mass is 622 g/mol. The molecule has 0 heterocycles. The van der Waals surface area contributed by atoms with Crippen LogP contribution in [0.5, 0.6) is 5.75 Å². The number of phenolic OH excluding ortho intramolecular Hbond substituents is 1. The third kappa shape index (κ3) is 9.54. The molecule has 4 rings (SSSR count). The topological polar surface area (TPSA) is 20.2 Å². The predicted octanol–water partition coefficient (Wildman–Crippen LogP) is 12.7. The molecule has 0 saturated carbocycles. The first-order valence-electron chi connectivity index (χ1n) is 13.5. The molecule has 1 nitrogen and oxygen atoms in total. The molecular formula is C36H46OS4. The lowest BCUT2D eigenvalue weighted by molar-refractivity contribution is 0.466. The van der Waals surface area contributed by atoms with Gasteiger partial charge >= 0.3 is 0 Å². The van der Waals surface area contributed by atoms with E-state index < -0.39 is 0 Å². The lowest BCUT2D eigenvalue weighted by Gasteiger charge is -2.10. The van der Waals surface area contributed by atoms with E-state index in [0.717, 1.165) is 11.1 Å². The molecular weight excluding hydrogens is 577 g/mol. The van der Waals surface area contributed by atoms with Gasteiger partial charge in [-0.2, -0.15) is 0 Å². The van der Waals surface area contributed by atoms with Crippen molar-refractivity contribution in [3.8, 4) is 5.75 Å². The third-order valence-corrected chi connectivity index (χ3v) is 12.3. The Morgan fingerprint density at radius 2 is 0.512 bits per heavy atom. The average molecular weight is 623 g/mol. The molecule has 220 valence electrons. The van der Waals surface area contributed by atoms with Crippen molar-refractivity contribution in [1.82, 2.24) is 0 Å². The Labute approximate surface area is 265 Å². The summed E-state index contributed by atoms with van der Waals surface area (Å²) in [7, 11) is 7.21. The first-order chi connectivity index (χ1) is 18.8. The van der Waals surface area contributed by atoms with Crippen LogP contribution in [0.4, 0.5) is 0 Å². The van der Waals surface area contributed by atoms with Gasteiger partial charge in [-0.3, -0.25) is 0 Å². The zero-order chi connectivity index (χ0) is 29.7. The largest absolute Gasteiger partial charge is 0.507 e. The predicted molar refractivity (Wildman–Crippen MR) is 190 cm³/mol. The van der Waals surface area contributed by atoms with Gasteiger partial charge in [0.05, 0.1) is 0 Å². The number of phenols is 1. The van der Waals surface area contributed by atoms with Crippen LogP contribution in [-0.2, 0) is 0 Å². The minimum Gasteiger partial charge on any atom is -0.507 e. The number of aromatic hydroxyl groups is 1. The summed E-state index contributed by atoms with van der Waals surface area (Å²) in [6.07, 6.45) is 0. The van der Waals surface area contributed by atoms with Crippen LogP contribution in [0, 0.1) is 76.2 Å². The molecule has 0 radical (unpaired) electrons. The van der Waals surface area contributed by atoms with Crippen LogP contribution in [-0.4, -0.2) is 5.11 Å². The van der Waals surface area contributed by atoms with E-state index in [2.05, 4.69) is 98.7 Å². The Balaban J connectivity index is 0.000000280. The van der Waals surface area contributed by atoms with Crippen molar-refractivity contribution < 1.29 is 5.11 Å². The molecule has 0 bridgehead atoms. The molecule has 0 atom stereocenters. The van der Waals surface area contributed by atoms with Crippen LogP contribution in [0.15, 0.2) is 68.1 Å². The Morgan fingerprint density at radius 3 is 0.707 bits per heavy atom. The number of aryl methyl sites for hydroxylation is 8. The third-order valence-electron chi connectivity index (χ3n) is 7.63. The molecule has 41 heavy (non-hydrogen) atoms. The maximum Gasteiger partial charge on any atom is 0.121 e. The van der Waals surface area contributed by atoms with Crippen molar-refractivity contribution in [1.29, 1.82) is 0 Å². The molecule has 0 aromatic heterocycles. The highest BCUT2D eigenvalue weighted by atomic mass is 33.1. The highest BCUT2D eigenvalue weighted by molar-refractivity contribution is 8.77. The molecule has 5 heteroatoms. The van der Waals surface area contributed by atoms with Gasteiger partial charge in [0.15, 0.2) is 0 Å². The molecule has 0 spiro atoms. The molecule has 0 unspecified atom stereocenters. The molecule has 0 saturated heterocycles. The van der Waals surface area contributed by atoms with E-state index in [-0.39, 0.29) is 7.43 Å². The number of hydrogen-bond donors (Lipinski definition) is 1. The molecule has 0 fully saturated rings. The van der Waals surface area contributed by atoms with Gasteiger partial charge < -0.3 is 5.11 Å². The van der Waals surface area contributed by atoms with Crippen molar-refractivity contribution in [3.05, 3.63) is 110 Å². The van der Waals surface area contributed by atoms with Crippen LogP contribution >= 0.6 is 43.2 Å². The zero-order valence-corrected chi connectivity index (χ0v) is 29.0. The Hall–Kier alpha value is -1.92. The van der Waals surface area contributed by atoms with Crippen molar-refractivity contribution in [2.24, 2.45) is 0 Å². The number of benzene rings is 4. The van der Waals surface area contributed by atoms with Crippen molar-refractivity contribution >= 4 is 43.2 Å². The van der Waals surface area contributed by atoms with E-state index in [1.165, 1.54) is 69.7 Å². The van der Waals surface area contributed by atoms with Crippen molar-refractivity contribution in [2.75, 3.05) is 0 Å². The van der Waals surface area contributed by atoms with Gasteiger partial charge in [-0.1, -0.05) is 50.6 Å². The molecule has 4 aromatic carbocycles. The van der Waals surface area contributed by atoms with Gasteiger partial charge in [-0.25, -0.2) is 0 Å². The van der Waals surface area contributed by atoms with E-state index in [1.54, 1.807) is 21.6 Å². The fourth-order valence-corrected chi connectivity index (χ4v) is 8.78. The van der Waals surface area contributed by atoms with Gasteiger partial charge in [0.1, 0.15) is 5.75 Å². The first kappa shape index (κ1) is 35.3. The fraction of sp³-hybridized carbons (Fsp3) is 0.333. The molecule has 0 aliphatic rings. The first-order valence-corrected chi connectivity index (χ1v) is 17.8. The van der Waals surface area contributed by atoms with E-state index in [9.17, 15) is 5.11 Å². The van der Waals surface area contributed by atoms with Gasteiger partial charge in [0, 0.05) is 19.6 Å². The van der Waals surface area contributed by atoms with Crippen LogP contribution < -0.4 is 0 Å². The zero-order valence-electron chi connectivity index (χ0n) is 25.7. The maximum absolute atomic E-state index is 9.80. The van der Waals surface area contributed by atoms with Crippen LogP contribution in [0.2, 0.25) is 0 Å². The van der Waals surface area contributed by atoms with Gasteiger partial charge in [0.25, 0.3) is 0 Å². The van der Waals surface area contributed by atoms with E-state index in [4.69, 9.17) is 0 Å². The van der Waals surface area contributed by atoms with E-state index in [1.807, 2.05) is 47.6 Å². The van der Waals surface area contributed by atoms with E-state index in [0.29, 0.717) is 5.75 Å². The summed E-state index contributed by atoms with van der Waals surface area (Å²) in [6, 6.07) is 17.7. The summed E-state index contributed by atoms with van der Waals surface area (Å²) in [5.74, 6) is 0.404. The van der Waals surface area contributed by atoms with Gasteiger partial charge in [0.2, 0.25) is 0 Å². The van der Waals surface area contributed by atoms with Crippen molar-refractivity contribution in [3.63, 3.8) is 0 Å². The standard InChI is InChI=1S/C18H22S2.C17H20OS2.CH4/c1-11-7-17(8-12(2)15(11)5)19-20-18-9-13(3)16(6)14(4)10-18;1-10-6-15(7-11(2)14(10)5)19-20-16-8-12(3)17(18)13(4)9-16;/h7-10H,1-6H3;6-9,18H,1-5H3;1H4. The van der Waals surface area contributed by atoms with Crippen LogP contribution in [0.1, 0.15) is 68.6 Å². The summed E-state index contributed by atoms with van der Waals surface area (Å²) in [5, 5.41) is 9.80. The molecule has 1 N–H and O–H groups in total. The Morgan fingerprint density at radius 1 is 0.341 bits per heavy atom. The number of rotatable bonds is 6. The summed E-state index contributed by atoms with van der Waals surface area (Å²) in [5.41, 5.74) is 14.2. The van der Waals surface area contributed by atoms with E-state index >= 15 is 0 Å². The minimum absolute atomic E-state index is 0. The molecule has 0 amide bonds. The Kier molecular flexibility index (Phi) is 13.4. The van der Waals surface area contributed by atoms with Crippen LogP contribution in [0.3, 0.4) is 0 Å². The fourth-order valence-electron chi connectivity index (χ4n) is 4.29. The molecule has 0 aliphatic heterocycles.